The van der Waals surface area contributed by atoms with Crippen LogP contribution in [0.3, 0.4) is 0 Å². The Morgan fingerprint density at radius 2 is 2.21 bits per heavy atom. The molecule has 0 aliphatic rings. The van der Waals surface area contributed by atoms with Gasteiger partial charge in [-0.2, -0.15) is 4.98 Å². The standard InChI is InChI=1S/C9H6BrClN2O/c1-5-2-3-6(7(10)4-5)8-12-9(11)13-14-8/h2-4H,1H3. The Bertz CT molecular complexity index is 470. The molecule has 14 heavy (non-hydrogen) atoms. The molecule has 1 heterocycles. The molecule has 0 aliphatic carbocycles. The zero-order valence-electron chi connectivity index (χ0n) is 7.29. The topological polar surface area (TPSA) is 38.9 Å². The Hall–Kier alpha value is -0.870. The molecule has 5 heteroatoms. The Balaban J connectivity index is 2.52. The molecule has 1 aromatic heterocycles. The van der Waals surface area contributed by atoms with Crippen LogP contribution >= 0.6 is 27.5 Å². The van der Waals surface area contributed by atoms with Crippen LogP contribution in [0.25, 0.3) is 11.5 Å². The fourth-order valence-corrected chi connectivity index (χ4v) is 1.88. The maximum atomic E-state index is 5.56. The molecule has 0 atom stereocenters. The lowest BCUT2D eigenvalue weighted by Gasteiger charge is -1.99. The van der Waals surface area contributed by atoms with Crippen molar-refractivity contribution in [2.45, 2.75) is 6.92 Å². The minimum Gasteiger partial charge on any atom is -0.333 e. The van der Waals surface area contributed by atoms with Gasteiger partial charge in [0.2, 0.25) is 0 Å². The van der Waals surface area contributed by atoms with Gasteiger partial charge < -0.3 is 4.52 Å². The van der Waals surface area contributed by atoms with E-state index in [1.165, 1.54) is 0 Å². The van der Waals surface area contributed by atoms with Crippen LogP contribution in [0, 0.1) is 6.92 Å². The van der Waals surface area contributed by atoms with Crippen LogP contribution < -0.4 is 0 Å². The summed E-state index contributed by atoms with van der Waals surface area (Å²) in [4.78, 5) is 3.93. The SMILES string of the molecule is Cc1ccc(-c2nc(Cl)no2)c(Br)c1. The van der Waals surface area contributed by atoms with Crippen molar-refractivity contribution in [3.8, 4) is 11.5 Å². The Kier molecular flexibility index (Phi) is 2.56. The van der Waals surface area contributed by atoms with E-state index < -0.39 is 0 Å². The number of aromatic nitrogens is 2. The van der Waals surface area contributed by atoms with Gasteiger partial charge in [-0.15, -0.1) is 0 Å². The number of nitrogens with zero attached hydrogens (tertiary/aromatic N) is 2. The van der Waals surface area contributed by atoms with Crippen molar-refractivity contribution >= 4 is 27.5 Å². The van der Waals surface area contributed by atoms with Crippen molar-refractivity contribution < 1.29 is 4.52 Å². The molecule has 0 fully saturated rings. The van der Waals surface area contributed by atoms with E-state index in [0.29, 0.717) is 5.89 Å². The lowest BCUT2D eigenvalue weighted by Crippen LogP contribution is -1.81. The molecule has 2 rings (SSSR count). The van der Waals surface area contributed by atoms with E-state index in [-0.39, 0.29) is 5.28 Å². The molecule has 0 aliphatic heterocycles. The van der Waals surface area contributed by atoms with Gasteiger partial charge in [0.15, 0.2) is 0 Å². The van der Waals surface area contributed by atoms with Gasteiger partial charge in [0.1, 0.15) is 0 Å². The molecule has 3 nitrogen and oxygen atoms in total. The second kappa shape index (κ2) is 3.71. The van der Waals surface area contributed by atoms with Gasteiger partial charge in [-0.05, 0) is 57.3 Å². The highest BCUT2D eigenvalue weighted by molar-refractivity contribution is 9.10. The number of benzene rings is 1. The molecule has 0 saturated heterocycles. The first-order valence-electron chi connectivity index (χ1n) is 3.92. The Morgan fingerprint density at radius 1 is 1.43 bits per heavy atom. The van der Waals surface area contributed by atoms with Crippen molar-refractivity contribution in [1.82, 2.24) is 10.1 Å². The minimum absolute atomic E-state index is 0.118. The monoisotopic (exact) mass is 272 g/mol. The lowest BCUT2D eigenvalue weighted by atomic mass is 10.1. The minimum atomic E-state index is 0.118. The van der Waals surface area contributed by atoms with E-state index in [1.807, 2.05) is 25.1 Å². The predicted molar refractivity (Wildman–Crippen MR) is 57.2 cm³/mol. The highest BCUT2D eigenvalue weighted by atomic mass is 79.9. The summed E-state index contributed by atoms with van der Waals surface area (Å²) in [6.45, 7) is 2.01. The number of halogens is 2. The van der Waals surface area contributed by atoms with Crippen LogP contribution in [-0.2, 0) is 0 Å². The molecule has 1 aromatic carbocycles. The van der Waals surface area contributed by atoms with Gasteiger partial charge >= 0.3 is 0 Å². The highest BCUT2D eigenvalue weighted by Crippen LogP contribution is 2.28. The van der Waals surface area contributed by atoms with Gasteiger partial charge in [-0.3, -0.25) is 0 Å². The number of aryl methyl sites for hydroxylation is 1. The normalized spacial score (nSPS) is 10.5. The molecule has 0 bridgehead atoms. The summed E-state index contributed by atoms with van der Waals surface area (Å²) in [7, 11) is 0. The zero-order chi connectivity index (χ0) is 10.1. The second-order valence-electron chi connectivity index (χ2n) is 2.85. The fraction of sp³-hybridized carbons (Fsp3) is 0.111. The van der Waals surface area contributed by atoms with Crippen molar-refractivity contribution in [3.63, 3.8) is 0 Å². The molecule has 0 amide bonds. The lowest BCUT2D eigenvalue weighted by molar-refractivity contribution is 0.430. The van der Waals surface area contributed by atoms with E-state index in [1.54, 1.807) is 0 Å². The summed E-state index contributed by atoms with van der Waals surface area (Å²) in [5.74, 6) is 0.418. The van der Waals surface area contributed by atoms with Gasteiger partial charge in [0, 0.05) is 4.47 Å². The maximum absolute atomic E-state index is 5.56. The van der Waals surface area contributed by atoms with Crippen LogP contribution in [0.1, 0.15) is 5.56 Å². The van der Waals surface area contributed by atoms with Crippen molar-refractivity contribution in [1.29, 1.82) is 0 Å². The third-order valence-electron chi connectivity index (χ3n) is 1.76. The third kappa shape index (κ3) is 1.81. The largest absolute Gasteiger partial charge is 0.333 e. The van der Waals surface area contributed by atoms with Crippen LogP contribution in [0.2, 0.25) is 5.28 Å². The summed E-state index contributed by atoms with van der Waals surface area (Å²) < 4.78 is 5.86. The highest BCUT2D eigenvalue weighted by Gasteiger charge is 2.10. The first-order valence-corrected chi connectivity index (χ1v) is 5.09. The predicted octanol–water partition coefficient (Wildman–Crippen LogP) is 3.46. The average molecular weight is 274 g/mol. The average Bonchev–Trinajstić information content (AvgIpc) is 2.51. The van der Waals surface area contributed by atoms with E-state index >= 15 is 0 Å². The summed E-state index contributed by atoms with van der Waals surface area (Å²) in [5.41, 5.74) is 2.00. The number of hydrogen-bond donors (Lipinski definition) is 0. The van der Waals surface area contributed by atoms with Crippen molar-refractivity contribution in [2.75, 3.05) is 0 Å². The molecule has 0 radical (unpaired) electrons. The number of rotatable bonds is 1. The summed E-state index contributed by atoms with van der Waals surface area (Å²) in [6.07, 6.45) is 0. The van der Waals surface area contributed by atoms with E-state index in [4.69, 9.17) is 16.1 Å². The van der Waals surface area contributed by atoms with Gasteiger partial charge in [0.25, 0.3) is 11.2 Å². The van der Waals surface area contributed by atoms with Gasteiger partial charge in [-0.25, -0.2) is 0 Å². The van der Waals surface area contributed by atoms with E-state index in [2.05, 4.69) is 26.1 Å². The quantitative estimate of drug-likeness (QED) is 0.798. The Morgan fingerprint density at radius 3 is 2.79 bits per heavy atom. The van der Waals surface area contributed by atoms with Crippen LogP contribution in [0.5, 0.6) is 0 Å². The first kappa shape index (κ1) is 9.68. The first-order chi connectivity index (χ1) is 6.66. The van der Waals surface area contributed by atoms with E-state index in [9.17, 15) is 0 Å². The van der Waals surface area contributed by atoms with Gasteiger partial charge in [0.05, 0.1) is 5.56 Å². The molecular formula is C9H6BrClN2O. The smallest absolute Gasteiger partial charge is 0.264 e. The molecule has 2 aromatic rings. The third-order valence-corrected chi connectivity index (χ3v) is 2.57. The van der Waals surface area contributed by atoms with Crippen molar-refractivity contribution in [3.05, 3.63) is 33.5 Å². The second-order valence-corrected chi connectivity index (χ2v) is 4.04. The Labute approximate surface area is 94.2 Å². The van der Waals surface area contributed by atoms with Gasteiger partial charge in [-0.1, -0.05) is 6.07 Å². The zero-order valence-corrected chi connectivity index (χ0v) is 9.63. The molecule has 72 valence electrons. The molecule has 0 saturated carbocycles. The molecule has 0 unspecified atom stereocenters. The van der Waals surface area contributed by atoms with Crippen LogP contribution in [0.15, 0.2) is 27.2 Å². The summed E-state index contributed by atoms with van der Waals surface area (Å²) in [5, 5.41) is 3.63. The van der Waals surface area contributed by atoms with Crippen LogP contribution in [-0.4, -0.2) is 10.1 Å². The fourth-order valence-electron chi connectivity index (χ4n) is 1.11. The molecular weight excluding hydrogens is 267 g/mol. The number of hydrogen-bond acceptors (Lipinski definition) is 3. The maximum Gasteiger partial charge on any atom is 0.264 e. The van der Waals surface area contributed by atoms with Crippen LogP contribution in [0.4, 0.5) is 0 Å². The van der Waals surface area contributed by atoms with Crippen molar-refractivity contribution in [2.24, 2.45) is 0 Å². The summed E-state index contributed by atoms with van der Waals surface area (Å²) in [6, 6.07) is 5.86. The van der Waals surface area contributed by atoms with E-state index in [0.717, 1.165) is 15.6 Å². The molecule has 0 spiro atoms. The summed E-state index contributed by atoms with van der Waals surface area (Å²) >= 11 is 8.98. The molecule has 0 N–H and O–H groups in total.